The lowest BCUT2D eigenvalue weighted by Gasteiger charge is -2.69. The Balaban J connectivity index is 1.82. The molecule has 1 saturated heterocycles. The van der Waals surface area contributed by atoms with Crippen LogP contribution in [0.15, 0.2) is 41.5 Å². The van der Waals surface area contributed by atoms with Crippen molar-refractivity contribution >= 4 is 11.9 Å². The van der Waals surface area contributed by atoms with Crippen molar-refractivity contribution in [2.75, 3.05) is 13.7 Å². The molecular formula is C31H42O9. The third kappa shape index (κ3) is 3.78. The lowest BCUT2D eigenvalue weighted by Crippen LogP contribution is -2.81. The first kappa shape index (κ1) is 29.2. The molecule has 9 heteroatoms. The fraction of sp³-hybridized carbons (Fsp3) is 0.677. The van der Waals surface area contributed by atoms with Crippen LogP contribution < -0.4 is 0 Å². The summed E-state index contributed by atoms with van der Waals surface area (Å²) < 4.78 is 24.4. The van der Waals surface area contributed by atoms with Crippen LogP contribution in [-0.2, 0) is 23.7 Å². The number of benzene rings is 1. The Kier molecular flexibility index (Phi) is 7.03. The maximum atomic E-state index is 13.7. The molecule has 1 aromatic carbocycles. The van der Waals surface area contributed by atoms with Crippen molar-refractivity contribution in [3.05, 3.63) is 47.0 Å². The predicted molar refractivity (Wildman–Crippen MR) is 144 cm³/mol. The molecule has 4 aliphatic rings. The summed E-state index contributed by atoms with van der Waals surface area (Å²) in [6.07, 6.45) is -4.59. The number of aliphatic hydroxyl groups excluding tert-OH is 2. The van der Waals surface area contributed by atoms with Gasteiger partial charge in [0.05, 0.1) is 30.3 Å². The largest absolute Gasteiger partial charge is 0.455 e. The van der Waals surface area contributed by atoms with E-state index in [4.69, 9.17) is 18.9 Å². The zero-order valence-corrected chi connectivity index (χ0v) is 24.3. The summed E-state index contributed by atoms with van der Waals surface area (Å²) in [7, 11) is 1.50. The fourth-order valence-electron chi connectivity index (χ4n) is 8.41. The second-order valence-electron chi connectivity index (χ2n) is 13.0. The van der Waals surface area contributed by atoms with E-state index < -0.39 is 70.4 Å². The number of carbonyl (C=O) groups excluding carboxylic acids is 2. The second kappa shape index (κ2) is 9.63. The average molecular weight is 559 g/mol. The topological polar surface area (TPSA) is 132 Å². The molecule has 0 amide bonds. The van der Waals surface area contributed by atoms with E-state index in [9.17, 15) is 24.9 Å². The van der Waals surface area contributed by atoms with Gasteiger partial charge in [-0.15, -0.1) is 0 Å². The van der Waals surface area contributed by atoms with Crippen molar-refractivity contribution in [2.45, 2.75) is 96.1 Å². The van der Waals surface area contributed by atoms with Crippen LogP contribution in [0.3, 0.4) is 0 Å². The molecule has 3 N–H and O–H groups in total. The first-order valence-corrected chi connectivity index (χ1v) is 14.1. The van der Waals surface area contributed by atoms with E-state index in [1.807, 2.05) is 27.7 Å². The highest BCUT2D eigenvalue weighted by molar-refractivity contribution is 5.89. The van der Waals surface area contributed by atoms with Crippen LogP contribution in [-0.4, -0.2) is 82.7 Å². The van der Waals surface area contributed by atoms with Crippen LogP contribution in [0.1, 0.15) is 64.7 Å². The monoisotopic (exact) mass is 558 g/mol. The zero-order valence-electron chi connectivity index (χ0n) is 24.3. The van der Waals surface area contributed by atoms with E-state index in [1.165, 1.54) is 14.0 Å². The molecule has 0 radical (unpaired) electrons. The molecule has 1 aliphatic heterocycles. The van der Waals surface area contributed by atoms with Gasteiger partial charge in [-0.3, -0.25) is 4.79 Å². The number of aliphatic hydroxyl groups is 3. The van der Waals surface area contributed by atoms with Gasteiger partial charge in [0, 0.05) is 31.3 Å². The van der Waals surface area contributed by atoms with Gasteiger partial charge in [0.1, 0.15) is 23.9 Å². The molecule has 1 aromatic rings. The highest BCUT2D eigenvalue weighted by Crippen LogP contribution is 2.66. The molecule has 40 heavy (non-hydrogen) atoms. The summed E-state index contributed by atoms with van der Waals surface area (Å²) in [6, 6.07) is 8.48. The molecule has 3 aliphatic carbocycles. The fourth-order valence-corrected chi connectivity index (χ4v) is 8.41. The molecule has 1 heterocycles. The van der Waals surface area contributed by atoms with Gasteiger partial charge in [-0.25, -0.2) is 4.79 Å². The van der Waals surface area contributed by atoms with E-state index in [0.29, 0.717) is 17.6 Å². The van der Waals surface area contributed by atoms with Crippen LogP contribution in [0.25, 0.3) is 0 Å². The minimum absolute atomic E-state index is 0.0226. The lowest BCUT2D eigenvalue weighted by atomic mass is 9.43. The van der Waals surface area contributed by atoms with Crippen LogP contribution in [0.5, 0.6) is 0 Å². The summed E-state index contributed by atoms with van der Waals surface area (Å²) in [5.74, 6) is -2.31. The van der Waals surface area contributed by atoms with E-state index >= 15 is 0 Å². The van der Waals surface area contributed by atoms with Crippen molar-refractivity contribution in [3.63, 3.8) is 0 Å². The molecule has 7 unspecified atom stereocenters. The molecule has 0 aromatic heterocycles. The summed E-state index contributed by atoms with van der Waals surface area (Å²) in [5.41, 5.74) is -3.84. The smallest absolute Gasteiger partial charge is 0.338 e. The molecule has 3 fully saturated rings. The second-order valence-corrected chi connectivity index (χ2v) is 13.0. The maximum Gasteiger partial charge on any atom is 0.338 e. The highest BCUT2D eigenvalue weighted by Gasteiger charge is 2.77. The Morgan fingerprint density at radius 2 is 1.75 bits per heavy atom. The van der Waals surface area contributed by atoms with Gasteiger partial charge < -0.3 is 34.3 Å². The maximum absolute atomic E-state index is 13.7. The number of methoxy groups -OCH3 is 1. The number of fused-ring (bicyclic) bond motifs is 5. The Morgan fingerprint density at radius 1 is 1.10 bits per heavy atom. The van der Waals surface area contributed by atoms with Gasteiger partial charge >= 0.3 is 11.9 Å². The minimum atomic E-state index is -1.83. The molecule has 2 bridgehead atoms. The Hall–Kier alpha value is -2.30. The Morgan fingerprint density at radius 3 is 2.30 bits per heavy atom. The quantitative estimate of drug-likeness (QED) is 0.377. The third-order valence-corrected chi connectivity index (χ3v) is 10.9. The van der Waals surface area contributed by atoms with Crippen molar-refractivity contribution < 1.29 is 43.9 Å². The number of carbonyl (C=O) groups is 2. The third-order valence-electron chi connectivity index (χ3n) is 10.9. The molecule has 10 atom stereocenters. The lowest BCUT2D eigenvalue weighted by molar-refractivity contribution is -0.359. The van der Waals surface area contributed by atoms with Crippen molar-refractivity contribution in [1.82, 2.24) is 0 Å². The number of hydrogen-bond acceptors (Lipinski definition) is 9. The van der Waals surface area contributed by atoms with Gasteiger partial charge in [-0.05, 0) is 42.5 Å². The molecule has 5 rings (SSSR count). The molecule has 2 saturated carbocycles. The highest BCUT2D eigenvalue weighted by atomic mass is 16.6. The van der Waals surface area contributed by atoms with Gasteiger partial charge in [0.25, 0.3) is 0 Å². The summed E-state index contributed by atoms with van der Waals surface area (Å²) in [5, 5.41) is 36.6. The SMILES string of the molecule is COC1C2=C(C)C(O)CC(O)(C(OC(=O)c3ccccc3)C3[C@]4(OC(C)=O)COC4C[C@H](C)[C@@]3(C)C1O)C2(C)C. The van der Waals surface area contributed by atoms with Crippen molar-refractivity contribution in [2.24, 2.45) is 22.7 Å². The van der Waals surface area contributed by atoms with Crippen molar-refractivity contribution in [1.29, 1.82) is 0 Å². The van der Waals surface area contributed by atoms with E-state index in [1.54, 1.807) is 37.3 Å². The Labute approximate surface area is 235 Å². The van der Waals surface area contributed by atoms with Crippen LogP contribution in [0.4, 0.5) is 0 Å². The van der Waals surface area contributed by atoms with E-state index in [-0.39, 0.29) is 24.5 Å². The zero-order chi connectivity index (χ0) is 29.4. The Bertz CT molecular complexity index is 1210. The van der Waals surface area contributed by atoms with Gasteiger partial charge in [-0.2, -0.15) is 0 Å². The van der Waals surface area contributed by atoms with Crippen LogP contribution in [0, 0.1) is 22.7 Å². The molecular weight excluding hydrogens is 516 g/mol. The normalized spacial score (nSPS) is 43.8. The first-order valence-electron chi connectivity index (χ1n) is 14.1. The summed E-state index contributed by atoms with van der Waals surface area (Å²) in [6.45, 7) is 10.6. The van der Waals surface area contributed by atoms with E-state index in [0.717, 1.165) is 0 Å². The summed E-state index contributed by atoms with van der Waals surface area (Å²) >= 11 is 0. The van der Waals surface area contributed by atoms with Crippen LogP contribution >= 0.6 is 0 Å². The number of hydrogen-bond donors (Lipinski definition) is 3. The minimum Gasteiger partial charge on any atom is -0.455 e. The van der Waals surface area contributed by atoms with Gasteiger partial charge in [0.15, 0.2) is 5.60 Å². The standard InChI is InChI=1S/C31H42O9/c1-16-13-21-30(15-38-21,40-18(3)32)24-26(39-27(35)19-11-9-8-10-12-19)31(36)14-20(33)17(2)22(28(31,4)5)23(37-7)25(34)29(16,24)6/h8-12,16,20-21,23-26,33-34,36H,13-15H2,1-7H3/t16-,20?,21?,23?,24?,25?,26?,29+,30-,31?/m0/s1. The predicted octanol–water partition coefficient (Wildman–Crippen LogP) is 2.80. The van der Waals surface area contributed by atoms with Gasteiger partial charge in [0.2, 0.25) is 0 Å². The summed E-state index contributed by atoms with van der Waals surface area (Å²) in [4.78, 5) is 26.3. The van der Waals surface area contributed by atoms with Crippen molar-refractivity contribution in [3.8, 4) is 0 Å². The first-order chi connectivity index (χ1) is 18.7. The number of ether oxygens (including phenoxy) is 4. The number of esters is 2. The number of rotatable bonds is 4. The molecule has 9 nitrogen and oxygen atoms in total. The molecule has 220 valence electrons. The molecule has 0 spiro atoms. The van der Waals surface area contributed by atoms with Crippen LogP contribution in [0.2, 0.25) is 0 Å². The average Bonchev–Trinajstić information content (AvgIpc) is 2.89. The van der Waals surface area contributed by atoms with Gasteiger partial charge in [-0.1, -0.05) is 45.9 Å². The van der Waals surface area contributed by atoms with E-state index in [2.05, 4.69) is 0 Å².